The lowest BCUT2D eigenvalue weighted by atomic mass is 9.56. The van der Waals surface area contributed by atoms with Crippen LogP contribution < -0.4 is 0 Å². The molecule has 158 valence electrons. The summed E-state index contributed by atoms with van der Waals surface area (Å²) in [5.41, 5.74) is 2.49. The Morgan fingerprint density at radius 3 is 2.62 bits per heavy atom. The number of hydrogen-bond donors (Lipinski definition) is 0. The van der Waals surface area contributed by atoms with Crippen molar-refractivity contribution in [2.75, 3.05) is 32.8 Å². The molecular weight excluding hydrogens is 362 g/mol. The van der Waals surface area contributed by atoms with E-state index in [9.17, 15) is 4.79 Å². The summed E-state index contributed by atoms with van der Waals surface area (Å²) in [7, 11) is 0. The molecule has 4 rings (SSSR count). The summed E-state index contributed by atoms with van der Waals surface area (Å²) in [6, 6.07) is 10.5. The van der Waals surface area contributed by atoms with E-state index < -0.39 is 0 Å². The number of rotatable bonds is 5. The van der Waals surface area contributed by atoms with Gasteiger partial charge in [-0.25, -0.2) is 0 Å². The summed E-state index contributed by atoms with van der Waals surface area (Å²) in [6.07, 6.45) is 6.11. The standard InChI is InChI=1S/C25H35NO3/c1-18-14-19(2)25(16-28-22(27)15-26-12-8-5-9-13-26)17-29-24(23(18)20(25)3)21-10-6-4-7-11-21/h4,6-7,10-11,14,19-20,23-24H,5,8-9,12-13,15-17H2,1-3H3/t19-,20+,23-,24-,25-/m0/s1. The Balaban J connectivity index is 1.47. The Morgan fingerprint density at radius 2 is 1.90 bits per heavy atom. The fourth-order valence-electron chi connectivity index (χ4n) is 5.76. The third-order valence-electron chi connectivity index (χ3n) is 7.68. The molecule has 4 heteroatoms. The van der Waals surface area contributed by atoms with E-state index in [2.05, 4.69) is 56.0 Å². The molecule has 2 heterocycles. The number of allylic oxidation sites excluding steroid dienone is 1. The summed E-state index contributed by atoms with van der Waals surface area (Å²) in [4.78, 5) is 14.8. The minimum atomic E-state index is -0.146. The zero-order valence-electron chi connectivity index (χ0n) is 18.1. The van der Waals surface area contributed by atoms with Gasteiger partial charge in [0, 0.05) is 11.3 Å². The van der Waals surface area contributed by atoms with Gasteiger partial charge in [-0.1, -0.05) is 62.2 Å². The number of hydrogen-bond acceptors (Lipinski definition) is 4. The van der Waals surface area contributed by atoms with Gasteiger partial charge in [0.05, 0.1) is 25.9 Å². The van der Waals surface area contributed by atoms with Gasteiger partial charge in [-0.2, -0.15) is 0 Å². The highest BCUT2D eigenvalue weighted by Crippen LogP contribution is 2.56. The van der Waals surface area contributed by atoms with Crippen LogP contribution in [0.1, 0.15) is 51.7 Å². The van der Waals surface area contributed by atoms with Crippen LogP contribution in [-0.4, -0.2) is 43.7 Å². The molecule has 4 nitrogen and oxygen atoms in total. The van der Waals surface area contributed by atoms with E-state index in [4.69, 9.17) is 9.47 Å². The molecule has 2 bridgehead atoms. The molecule has 5 atom stereocenters. The molecule has 0 amide bonds. The fraction of sp³-hybridized carbons (Fsp3) is 0.640. The first-order valence-corrected chi connectivity index (χ1v) is 11.2. The maximum atomic E-state index is 12.6. The molecule has 2 fully saturated rings. The Bertz CT molecular complexity index is 740. The lowest BCUT2D eigenvalue weighted by Crippen LogP contribution is -2.54. The summed E-state index contributed by atoms with van der Waals surface area (Å²) in [5.74, 6) is 0.953. The number of piperidine rings is 1. The number of fused-ring (bicyclic) bond motifs is 2. The number of esters is 1. The van der Waals surface area contributed by atoms with Crippen LogP contribution in [0.15, 0.2) is 42.0 Å². The zero-order chi connectivity index (χ0) is 20.4. The number of benzene rings is 1. The van der Waals surface area contributed by atoms with E-state index in [0.717, 1.165) is 13.1 Å². The Hall–Kier alpha value is -1.65. The van der Waals surface area contributed by atoms with E-state index in [-0.39, 0.29) is 17.5 Å². The van der Waals surface area contributed by atoms with Crippen molar-refractivity contribution in [3.8, 4) is 0 Å². The molecule has 1 aromatic carbocycles. The van der Waals surface area contributed by atoms with Crippen molar-refractivity contribution >= 4 is 5.97 Å². The number of ether oxygens (including phenoxy) is 2. The van der Waals surface area contributed by atoms with Gasteiger partial charge in [0.2, 0.25) is 0 Å². The van der Waals surface area contributed by atoms with Gasteiger partial charge in [-0.05, 0) is 50.3 Å². The van der Waals surface area contributed by atoms with Gasteiger partial charge in [0.1, 0.15) is 0 Å². The van der Waals surface area contributed by atoms with Gasteiger partial charge < -0.3 is 9.47 Å². The molecule has 0 saturated carbocycles. The Kier molecular flexibility index (Phi) is 6.12. The molecule has 0 N–H and O–H groups in total. The summed E-state index contributed by atoms with van der Waals surface area (Å²) >= 11 is 0. The Labute approximate surface area is 175 Å². The second-order valence-electron chi connectivity index (χ2n) is 9.39. The molecule has 2 saturated heterocycles. The molecule has 1 aromatic rings. The highest BCUT2D eigenvalue weighted by atomic mass is 16.5. The summed E-state index contributed by atoms with van der Waals surface area (Å²) in [5, 5.41) is 0. The monoisotopic (exact) mass is 397 g/mol. The molecule has 29 heavy (non-hydrogen) atoms. The van der Waals surface area contributed by atoms with Crippen molar-refractivity contribution in [1.29, 1.82) is 0 Å². The quantitative estimate of drug-likeness (QED) is 0.537. The molecular formula is C25H35NO3. The SMILES string of the molecule is CC1=C[C@H](C)[C@]2(COC(=O)CN3CCCCC3)CO[C@@H](c3ccccc3)[C@@H]1[C@H]2C. The van der Waals surface area contributed by atoms with Crippen molar-refractivity contribution in [2.45, 2.75) is 46.1 Å². The molecule has 2 aliphatic heterocycles. The average Bonchev–Trinajstić information content (AvgIpc) is 2.73. The van der Waals surface area contributed by atoms with E-state index >= 15 is 0 Å². The van der Waals surface area contributed by atoms with Crippen LogP contribution in [0.5, 0.6) is 0 Å². The minimum Gasteiger partial charge on any atom is -0.464 e. The maximum absolute atomic E-state index is 12.6. The van der Waals surface area contributed by atoms with Crippen LogP contribution in [-0.2, 0) is 14.3 Å². The van der Waals surface area contributed by atoms with E-state index in [1.54, 1.807) is 0 Å². The third kappa shape index (κ3) is 4.02. The highest BCUT2D eigenvalue weighted by Gasteiger charge is 2.54. The summed E-state index contributed by atoms with van der Waals surface area (Å²) < 4.78 is 12.4. The highest BCUT2D eigenvalue weighted by molar-refractivity contribution is 5.71. The van der Waals surface area contributed by atoms with Gasteiger partial charge in [-0.3, -0.25) is 9.69 Å². The second-order valence-corrected chi connectivity index (χ2v) is 9.39. The predicted molar refractivity (Wildman–Crippen MR) is 114 cm³/mol. The molecule has 0 aromatic heterocycles. The first kappa shape index (κ1) is 20.6. The lowest BCUT2D eigenvalue weighted by molar-refractivity contribution is -0.182. The number of likely N-dealkylation sites (tertiary alicyclic amines) is 1. The van der Waals surface area contributed by atoms with Crippen molar-refractivity contribution in [2.24, 2.45) is 23.2 Å². The largest absolute Gasteiger partial charge is 0.464 e. The van der Waals surface area contributed by atoms with Crippen LogP contribution in [0.25, 0.3) is 0 Å². The van der Waals surface area contributed by atoms with Gasteiger partial charge in [-0.15, -0.1) is 0 Å². The van der Waals surface area contributed by atoms with E-state index in [0.29, 0.717) is 37.5 Å². The van der Waals surface area contributed by atoms with Crippen molar-refractivity contribution in [3.05, 3.63) is 47.5 Å². The molecule has 0 spiro atoms. The van der Waals surface area contributed by atoms with Crippen molar-refractivity contribution < 1.29 is 14.3 Å². The maximum Gasteiger partial charge on any atom is 0.320 e. The van der Waals surface area contributed by atoms with Gasteiger partial charge in [0.15, 0.2) is 0 Å². The predicted octanol–water partition coefficient (Wildman–Crippen LogP) is 4.62. The van der Waals surface area contributed by atoms with Crippen molar-refractivity contribution in [3.63, 3.8) is 0 Å². The zero-order valence-corrected chi connectivity index (χ0v) is 18.1. The lowest BCUT2D eigenvalue weighted by Gasteiger charge is -2.55. The van der Waals surface area contributed by atoms with E-state index in [1.807, 2.05) is 6.07 Å². The topological polar surface area (TPSA) is 38.8 Å². The van der Waals surface area contributed by atoms with Crippen LogP contribution >= 0.6 is 0 Å². The van der Waals surface area contributed by atoms with Crippen LogP contribution in [0.4, 0.5) is 0 Å². The number of nitrogens with zero attached hydrogens (tertiary/aromatic N) is 1. The number of carbonyl (C=O) groups excluding carboxylic acids is 1. The fourth-order valence-corrected chi connectivity index (χ4v) is 5.76. The average molecular weight is 398 g/mol. The normalized spacial score (nSPS) is 35.1. The number of carbonyl (C=O) groups is 1. The second kappa shape index (κ2) is 8.61. The molecule has 0 unspecified atom stereocenters. The van der Waals surface area contributed by atoms with Crippen LogP contribution in [0.3, 0.4) is 0 Å². The van der Waals surface area contributed by atoms with E-state index in [1.165, 1.54) is 30.4 Å². The van der Waals surface area contributed by atoms with Gasteiger partial charge >= 0.3 is 5.97 Å². The Morgan fingerprint density at radius 1 is 1.17 bits per heavy atom. The molecule has 3 aliphatic rings. The third-order valence-corrected chi connectivity index (χ3v) is 7.68. The van der Waals surface area contributed by atoms with Gasteiger partial charge in [0.25, 0.3) is 0 Å². The van der Waals surface area contributed by atoms with Crippen LogP contribution in [0.2, 0.25) is 0 Å². The minimum absolute atomic E-state index is 0.0760. The first-order valence-electron chi connectivity index (χ1n) is 11.2. The molecule has 0 radical (unpaired) electrons. The summed E-state index contributed by atoms with van der Waals surface area (Å²) in [6.45, 7) is 10.3. The van der Waals surface area contributed by atoms with Crippen molar-refractivity contribution in [1.82, 2.24) is 4.90 Å². The smallest absolute Gasteiger partial charge is 0.320 e. The molecule has 1 aliphatic carbocycles. The first-order chi connectivity index (χ1) is 14.0. The van der Waals surface area contributed by atoms with Crippen LogP contribution in [0, 0.1) is 23.2 Å².